The van der Waals surface area contributed by atoms with Crippen molar-refractivity contribution in [3.63, 3.8) is 0 Å². The summed E-state index contributed by atoms with van der Waals surface area (Å²) in [5.41, 5.74) is 0.669. The first-order valence-corrected chi connectivity index (χ1v) is 12.9. The number of urea groups is 1. The maximum atomic E-state index is 13.3. The molecule has 2 aliphatic heterocycles. The molecule has 2 aromatic heterocycles. The summed E-state index contributed by atoms with van der Waals surface area (Å²) < 4.78 is 28.5. The molecule has 11 heteroatoms. The van der Waals surface area contributed by atoms with Crippen molar-refractivity contribution < 1.29 is 13.2 Å². The number of rotatable bonds is 7. The third-order valence-electron chi connectivity index (χ3n) is 5.74. The largest absolute Gasteiger partial charge is 0.352 e. The second kappa shape index (κ2) is 9.09. The first-order chi connectivity index (χ1) is 14.9. The molecule has 0 unspecified atom stereocenters. The molecule has 0 bridgehead atoms. The molecule has 168 valence electrons. The van der Waals surface area contributed by atoms with Crippen LogP contribution in [0.5, 0.6) is 0 Å². The van der Waals surface area contributed by atoms with Gasteiger partial charge in [-0.1, -0.05) is 6.42 Å². The summed E-state index contributed by atoms with van der Waals surface area (Å²) >= 11 is 1.24. The first kappa shape index (κ1) is 22.0. The summed E-state index contributed by atoms with van der Waals surface area (Å²) in [6.45, 7) is 6.43. The fourth-order valence-corrected chi connectivity index (χ4v) is 7.44. The van der Waals surface area contributed by atoms with Crippen LogP contribution in [0.25, 0.3) is 10.6 Å². The lowest BCUT2D eigenvalue weighted by Gasteiger charge is -2.37. The van der Waals surface area contributed by atoms with Crippen LogP contribution in [0.4, 0.5) is 10.7 Å². The van der Waals surface area contributed by atoms with Crippen LogP contribution in [0, 0.1) is 0 Å². The number of carbonyl (C=O) groups is 1. The van der Waals surface area contributed by atoms with Gasteiger partial charge in [-0.2, -0.15) is 4.31 Å². The van der Waals surface area contributed by atoms with Gasteiger partial charge in [0, 0.05) is 44.5 Å². The lowest BCUT2D eigenvalue weighted by molar-refractivity contribution is 0.204. The quantitative estimate of drug-likeness (QED) is 0.652. The number of hydrogen-bond donors (Lipinski definition) is 2. The summed E-state index contributed by atoms with van der Waals surface area (Å²) in [6, 6.07) is 5.20. The third-order valence-corrected chi connectivity index (χ3v) is 9.45. The Bertz CT molecular complexity index is 1030. The van der Waals surface area contributed by atoms with E-state index < -0.39 is 10.0 Å². The van der Waals surface area contributed by atoms with Crippen LogP contribution in [-0.2, 0) is 10.0 Å². The van der Waals surface area contributed by atoms with Gasteiger partial charge in [-0.15, -0.1) is 11.3 Å². The number of thiophene rings is 1. The van der Waals surface area contributed by atoms with E-state index in [1.165, 1.54) is 11.3 Å². The van der Waals surface area contributed by atoms with Gasteiger partial charge in [0.25, 0.3) is 10.0 Å². The maximum Gasteiger partial charge on any atom is 0.317 e. The molecule has 2 fully saturated rings. The van der Waals surface area contributed by atoms with Crippen LogP contribution in [0.15, 0.2) is 28.6 Å². The Hall–Kier alpha value is -2.24. The Morgan fingerprint density at radius 3 is 2.71 bits per heavy atom. The Morgan fingerprint density at radius 2 is 2.00 bits per heavy atom. The molecule has 4 heterocycles. The van der Waals surface area contributed by atoms with Crippen LogP contribution < -0.4 is 10.6 Å². The molecule has 31 heavy (non-hydrogen) atoms. The highest BCUT2D eigenvalue weighted by Gasteiger charge is 2.36. The van der Waals surface area contributed by atoms with Gasteiger partial charge in [0.1, 0.15) is 4.21 Å². The van der Waals surface area contributed by atoms with Crippen molar-refractivity contribution in [2.45, 2.75) is 49.4 Å². The molecule has 2 aliphatic rings. The van der Waals surface area contributed by atoms with Gasteiger partial charge in [0.2, 0.25) is 5.95 Å². The maximum absolute atomic E-state index is 13.3. The molecule has 2 saturated heterocycles. The fraction of sp³-hybridized carbons (Fsp3) is 0.550. The summed E-state index contributed by atoms with van der Waals surface area (Å²) in [6.07, 6.45) is 4.49. The van der Waals surface area contributed by atoms with E-state index in [-0.39, 0.29) is 18.1 Å². The van der Waals surface area contributed by atoms with Crippen molar-refractivity contribution in [2.75, 3.05) is 31.5 Å². The van der Waals surface area contributed by atoms with E-state index in [0.29, 0.717) is 42.0 Å². The molecule has 0 radical (unpaired) electrons. The molecule has 0 aliphatic carbocycles. The van der Waals surface area contributed by atoms with Gasteiger partial charge >= 0.3 is 6.03 Å². The molecule has 0 saturated carbocycles. The molecule has 9 nitrogen and oxygen atoms in total. The zero-order chi connectivity index (χ0) is 22.0. The van der Waals surface area contributed by atoms with E-state index in [1.54, 1.807) is 33.6 Å². The summed E-state index contributed by atoms with van der Waals surface area (Å²) in [4.78, 5) is 22.9. The summed E-state index contributed by atoms with van der Waals surface area (Å²) in [7, 11) is -3.54. The minimum Gasteiger partial charge on any atom is -0.352 e. The number of anilines is 1. The highest BCUT2D eigenvalue weighted by Crippen LogP contribution is 2.35. The van der Waals surface area contributed by atoms with Crippen molar-refractivity contribution in [1.29, 1.82) is 0 Å². The molecule has 2 atom stereocenters. The van der Waals surface area contributed by atoms with Crippen molar-refractivity contribution in [1.82, 2.24) is 24.5 Å². The first-order valence-electron chi connectivity index (χ1n) is 10.6. The Morgan fingerprint density at radius 1 is 1.23 bits per heavy atom. The number of aromatic nitrogens is 2. The van der Waals surface area contributed by atoms with Crippen LogP contribution in [-0.4, -0.2) is 71.9 Å². The molecular formula is C20H28N6O3S2. The number of hydrogen-bond acceptors (Lipinski definition) is 7. The highest BCUT2D eigenvalue weighted by atomic mass is 32.2. The van der Waals surface area contributed by atoms with E-state index in [0.717, 1.165) is 24.1 Å². The van der Waals surface area contributed by atoms with Gasteiger partial charge in [0.05, 0.1) is 10.6 Å². The normalized spacial score (nSPS) is 22.5. The molecule has 2 aromatic rings. The minimum absolute atomic E-state index is 0.00633. The molecular weight excluding hydrogens is 436 g/mol. The SMILES string of the molecule is C[C@@H]1CCC[C@H](C)N1S(=O)(=O)c1ccc(-c2ccnc(NCCN3CCNC3=O)n2)s1. The van der Waals surface area contributed by atoms with Crippen molar-refractivity contribution in [2.24, 2.45) is 0 Å². The van der Waals surface area contributed by atoms with E-state index in [4.69, 9.17) is 0 Å². The highest BCUT2D eigenvalue weighted by molar-refractivity contribution is 7.91. The summed E-state index contributed by atoms with van der Waals surface area (Å²) in [5, 5.41) is 5.91. The van der Waals surface area contributed by atoms with E-state index in [1.807, 2.05) is 13.8 Å². The van der Waals surface area contributed by atoms with Gasteiger partial charge in [-0.25, -0.2) is 23.2 Å². The fourth-order valence-electron chi connectivity index (χ4n) is 4.18. The third kappa shape index (κ3) is 4.68. The number of nitrogens with zero attached hydrogens (tertiary/aromatic N) is 4. The smallest absolute Gasteiger partial charge is 0.317 e. The van der Waals surface area contributed by atoms with Crippen molar-refractivity contribution in [3.8, 4) is 10.6 Å². The van der Waals surface area contributed by atoms with Crippen LogP contribution >= 0.6 is 11.3 Å². The van der Waals surface area contributed by atoms with E-state index >= 15 is 0 Å². The average molecular weight is 465 g/mol. The number of carbonyl (C=O) groups excluding carboxylic acids is 1. The topological polar surface area (TPSA) is 108 Å². The number of amides is 2. The average Bonchev–Trinajstić information content (AvgIpc) is 3.38. The lowest BCUT2D eigenvalue weighted by atomic mass is 10.0. The predicted octanol–water partition coefficient (Wildman–Crippen LogP) is 2.59. The number of nitrogens with one attached hydrogen (secondary N) is 2. The molecule has 4 rings (SSSR count). The van der Waals surface area contributed by atoms with Gasteiger partial charge in [-0.3, -0.25) is 0 Å². The van der Waals surface area contributed by atoms with Crippen LogP contribution in [0.3, 0.4) is 0 Å². The lowest BCUT2D eigenvalue weighted by Crippen LogP contribution is -2.47. The number of piperidine rings is 1. The van der Waals surface area contributed by atoms with E-state index in [9.17, 15) is 13.2 Å². The minimum atomic E-state index is -3.54. The van der Waals surface area contributed by atoms with Crippen molar-refractivity contribution >= 4 is 33.3 Å². The Labute approximate surface area is 186 Å². The molecule has 0 aromatic carbocycles. The van der Waals surface area contributed by atoms with Gasteiger partial charge in [-0.05, 0) is 44.9 Å². The monoisotopic (exact) mass is 464 g/mol. The second-order valence-electron chi connectivity index (χ2n) is 7.99. The summed E-state index contributed by atoms with van der Waals surface area (Å²) in [5.74, 6) is 0.452. The molecule has 2 N–H and O–H groups in total. The standard InChI is InChI=1S/C20H28N6O3S2/c1-14-4-3-5-15(2)26(14)31(28,29)18-7-6-17(30-18)16-8-9-21-19(24-16)22-10-12-25-13-11-23-20(25)27/h6-9,14-15H,3-5,10-13H2,1-2H3,(H,23,27)(H,21,22,24)/t14-,15+. The van der Waals surface area contributed by atoms with Crippen LogP contribution in [0.2, 0.25) is 0 Å². The van der Waals surface area contributed by atoms with Gasteiger partial charge in [0.15, 0.2) is 0 Å². The van der Waals surface area contributed by atoms with Gasteiger partial charge < -0.3 is 15.5 Å². The molecule has 0 spiro atoms. The Kier molecular flexibility index (Phi) is 6.44. The Balaban J connectivity index is 1.46. The van der Waals surface area contributed by atoms with Crippen LogP contribution in [0.1, 0.15) is 33.1 Å². The zero-order valence-electron chi connectivity index (χ0n) is 17.7. The van der Waals surface area contributed by atoms with E-state index in [2.05, 4.69) is 20.6 Å². The number of sulfonamides is 1. The zero-order valence-corrected chi connectivity index (χ0v) is 19.4. The van der Waals surface area contributed by atoms with Crippen molar-refractivity contribution in [3.05, 3.63) is 24.4 Å². The molecule has 2 amide bonds. The predicted molar refractivity (Wildman–Crippen MR) is 121 cm³/mol. The second-order valence-corrected chi connectivity index (χ2v) is 11.1.